The molecule has 5 N–H and O–H groups in total. The average molecular weight is 654 g/mol. The fourth-order valence-electron chi connectivity index (χ4n) is 6.19. The summed E-state index contributed by atoms with van der Waals surface area (Å²) >= 11 is 0. The van der Waals surface area contributed by atoms with Gasteiger partial charge in [0.05, 0.1) is 16.7 Å². The van der Waals surface area contributed by atoms with Crippen LogP contribution < -0.4 is 21.3 Å². The number of aromatic amines is 1. The van der Waals surface area contributed by atoms with Gasteiger partial charge in [0.2, 0.25) is 0 Å². The summed E-state index contributed by atoms with van der Waals surface area (Å²) in [6.45, 7) is 13.6. The number of piperidine rings is 1. The molecule has 2 aliphatic heterocycles. The fraction of sp³-hybridized carbons (Fsp3) is 0.455. The molecule has 15 nitrogen and oxygen atoms in total. The van der Waals surface area contributed by atoms with Gasteiger partial charge >= 0.3 is 6.09 Å². The maximum Gasteiger partial charge on any atom is 0.410 e. The van der Waals surface area contributed by atoms with Crippen LogP contribution in [0.25, 0.3) is 22.1 Å². The topological polar surface area (TPSA) is 194 Å². The molecule has 5 aromatic heterocycles. The fourth-order valence-corrected chi connectivity index (χ4v) is 6.19. The first-order valence-corrected chi connectivity index (χ1v) is 16.2. The Morgan fingerprint density at radius 1 is 0.875 bits per heavy atom. The number of carbonyl (C=O) groups excluding carboxylic acids is 1. The highest BCUT2D eigenvalue weighted by Gasteiger charge is 2.31. The SMILES string of the molecule is CC1CN(c2ccc3ncnc(N)c3n2)CCN1C(=O)OC(C)(C)C.Cc1c[nH]nc1C1CCCN(c2ccc3ncnc(N)c3n2)C1. The van der Waals surface area contributed by atoms with Gasteiger partial charge in [-0.15, -0.1) is 0 Å². The summed E-state index contributed by atoms with van der Waals surface area (Å²) in [6.07, 6.45) is 6.86. The zero-order valence-corrected chi connectivity index (χ0v) is 28.1. The lowest BCUT2D eigenvalue weighted by Gasteiger charge is -2.40. The number of nitrogens with two attached hydrogens (primary N) is 2. The van der Waals surface area contributed by atoms with Gasteiger partial charge in [0.25, 0.3) is 0 Å². The van der Waals surface area contributed by atoms with Crippen LogP contribution in [0.1, 0.15) is 57.7 Å². The molecule has 0 radical (unpaired) electrons. The van der Waals surface area contributed by atoms with Crippen LogP contribution >= 0.6 is 0 Å². The van der Waals surface area contributed by atoms with Gasteiger partial charge in [-0.3, -0.25) is 5.10 Å². The molecule has 7 rings (SSSR count). The number of hydrogen-bond donors (Lipinski definition) is 3. The molecule has 2 aliphatic rings. The van der Waals surface area contributed by atoms with Crippen LogP contribution in [0, 0.1) is 6.92 Å². The molecule has 5 aromatic rings. The highest BCUT2D eigenvalue weighted by molar-refractivity contribution is 5.85. The number of nitrogens with one attached hydrogen (secondary N) is 1. The molecule has 0 saturated carbocycles. The van der Waals surface area contributed by atoms with E-state index in [-0.39, 0.29) is 12.1 Å². The van der Waals surface area contributed by atoms with Crippen molar-refractivity contribution in [3.05, 3.63) is 54.4 Å². The summed E-state index contributed by atoms with van der Waals surface area (Å²) in [5.41, 5.74) is 16.5. The Hall–Kier alpha value is -5.34. The second-order valence-electron chi connectivity index (χ2n) is 13.3. The van der Waals surface area contributed by atoms with Gasteiger partial charge in [-0.05, 0) is 77.3 Å². The minimum absolute atomic E-state index is 0.0190. The van der Waals surface area contributed by atoms with Gasteiger partial charge in [0.1, 0.15) is 40.9 Å². The highest BCUT2D eigenvalue weighted by atomic mass is 16.6. The lowest BCUT2D eigenvalue weighted by atomic mass is 9.93. The Morgan fingerprint density at radius 3 is 2.02 bits per heavy atom. The number of H-pyrrole nitrogens is 1. The average Bonchev–Trinajstić information content (AvgIpc) is 3.50. The van der Waals surface area contributed by atoms with Crippen molar-refractivity contribution < 1.29 is 9.53 Å². The van der Waals surface area contributed by atoms with E-state index in [1.165, 1.54) is 23.9 Å². The van der Waals surface area contributed by atoms with Gasteiger partial charge in [-0.1, -0.05) is 0 Å². The molecular weight excluding hydrogens is 610 g/mol. The number of nitrogen functional groups attached to an aromatic ring is 2. The van der Waals surface area contributed by atoms with Crippen molar-refractivity contribution in [2.24, 2.45) is 0 Å². The molecule has 2 fully saturated rings. The standard InChI is InChI=1S/C17H24N6O2.C16H19N7/c1-11-9-22(7-8-23(11)16(24)25-17(2,3)4)13-6-5-12-14(21-13)15(18)20-10-19-12;1-10-7-20-22-14(10)11-3-2-6-23(8-11)13-5-4-12-15(21-13)16(17)19-9-18-12/h5-6,10-11H,7-9H2,1-4H3,(H2,18,19,20);4-5,7,9,11H,2-3,6,8H2,1H3,(H,20,22)(H2,17,18,19). The number of aryl methyl sites for hydroxylation is 1. The molecule has 2 atom stereocenters. The van der Waals surface area contributed by atoms with Crippen LogP contribution in [0.3, 0.4) is 0 Å². The van der Waals surface area contributed by atoms with Crippen molar-refractivity contribution in [3.63, 3.8) is 0 Å². The normalized spacial score (nSPS) is 18.5. The van der Waals surface area contributed by atoms with Gasteiger partial charge < -0.3 is 30.9 Å². The van der Waals surface area contributed by atoms with Crippen molar-refractivity contribution in [2.75, 3.05) is 54.0 Å². The number of hydrogen-bond acceptors (Lipinski definition) is 13. The molecule has 15 heteroatoms. The number of rotatable bonds is 3. The number of fused-ring (bicyclic) bond motifs is 2. The van der Waals surface area contributed by atoms with Crippen LogP contribution in [0.5, 0.6) is 0 Å². The number of nitrogens with zero attached hydrogens (tertiary/aromatic N) is 10. The predicted octanol–water partition coefficient (Wildman–Crippen LogP) is 4.08. The Labute approximate surface area is 279 Å². The Bertz CT molecular complexity index is 1910. The number of pyridine rings is 2. The molecular formula is C33H43N13O2. The minimum Gasteiger partial charge on any atom is -0.444 e. The summed E-state index contributed by atoms with van der Waals surface area (Å²) in [6, 6.07) is 7.80. The Balaban J connectivity index is 0.000000168. The van der Waals surface area contributed by atoms with Crippen molar-refractivity contribution in [3.8, 4) is 0 Å². The number of ether oxygens (including phenoxy) is 1. The second kappa shape index (κ2) is 13.4. The highest BCUT2D eigenvalue weighted by Crippen LogP contribution is 2.31. The van der Waals surface area contributed by atoms with Crippen LogP contribution in [0.2, 0.25) is 0 Å². The summed E-state index contributed by atoms with van der Waals surface area (Å²) in [5, 5.41) is 7.38. The van der Waals surface area contributed by atoms with Crippen LogP contribution in [0.4, 0.5) is 28.1 Å². The summed E-state index contributed by atoms with van der Waals surface area (Å²) in [7, 11) is 0. The Kier molecular flexibility index (Phi) is 9.11. The number of anilines is 4. The second-order valence-corrected chi connectivity index (χ2v) is 13.3. The summed E-state index contributed by atoms with van der Waals surface area (Å²) < 4.78 is 5.48. The van der Waals surface area contributed by atoms with Crippen molar-refractivity contribution in [2.45, 2.75) is 65.0 Å². The van der Waals surface area contributed by atoms with Crippen molar-refractivity contribution in [1.29, 1.82) is 0 Å². The number of piperazine rings is 1. The summed E-state index contributed by atoms with van der Waals surface area (Å²) in [5.74, 6) is 2.96. The van der Waals surface area contributed by atoms with Gasteiger partial charge in [0, 0.05) is 50.9 Å². The molecule has 2 unspecified atom stereocenters. The third-order valence-corrected chi connectivity index (χ3v) is 8.57. The quantitative estimate of drug-likeness (QED) is 0.252. The Morgan fingerprint density at radius 2 is 1.48 bits per heavy atom. The van der Waals surface area contributed by atoms with Gasteiger partial charge in [-0.2, -0.15) is 5.10 Å². The maximum absolute atomic E-state index is 12.3. The predicted molar refractivity (Wildman–Crippen MR) is 186 cm³/mol. The van der Waals surface area contributed by atoms with Crippen molar-refractivity contribution >= 4 is 51.4 Å². The van der Waals surface area contributed by atoms with E-state index in [4.69, 9.17) is 16.2 Å². The van der Waals surface area contributed by atoms with E-state index in [1.54, 1.807) is 4.90 Å². The van der Waals surface area contributed by atoms with E-state index in [0.29, 0.717) is 48.2 Å². The molecule has 0 aliphatic carbocycles. The van der Waals surface area contributed by atoms with E-state index in [0.717, 1.165) is 48.6 Å². The van der Waals surface area contributed by atoms with E-state index in [2.05, 4.69) is 56.8 Å². The van der Waals surface area contributed by atoms with Crippen LogP contribution in [-0.4, -0.2) is 95.5 Å². The van der Waals surface area contributed by atoms with Crippen LogP contribution in [0.15, 0.2) is 43.1 Å². The van der Waals surface area contributed by atoms with E-state index in [9.17, 15) is 4.79 Å². The molecule has 1 amide bonds. The van der Waals surface area contributed by atoms with E-state index < -0.39 is 5.60 Å². The smallest absolute Gasteiger partial charge is 0.410 e. The molecule has 0 spiro atoms. The van der Waals surface area contributed by atoms with E-state index >= 15 is 0 Å². The maximum atomic E-state index is 12.3. The molecule has 252 valence electrons. The molecule has 2 saturated heterocycles. The zero-order valence-electron chi connectivity index (χ0n) is 28.1. The summed E-state index contributed by atoms with van der Waals surface area (Å²) in [4.78, 5) is 44.2. The molecule has 48 heavy (non-hydrogen) atoms. The molecule has 7 heterocycles. The third kappa shape index (κ3) is 7.14. The number of aromatic nitrogens is 8. The molecule has 0 bridgehead atoms. The first kappa shape index (κ1) is 32.6. The lowest BCUT2D eigenvalue weighted by molar-refractivity contribution is 0.0158. The van der Waals surface area contributed by atoms with Crippen LogP contribution in [-0.2, 0) is 4.74 Å². The largest absolute Gasteiger partial charge is 0.444 e. The monoisotopic (exact) mass is 653 g/mol. The van der Waals surface area contributed by atoms with Gasteiger partial charge in [-0.25, -0.2) is 34.7 Å². The van der Waals surface area contributed by atoms with E-state index in [1.807, 2.05) is 58.2 Å². The van der Waals surface area contributed by atoms with Gasteiger partial charge in [0.15, 0.2) is 11.6 Å². The zero-order chi connectivity index (χ0) is 34.0. The number of carbonyl (C=O) groups is 1. The van der Waals surface area contributed by atoms with Crippen molar-refractivity contribution in [1.82, 2.24) is 45.0 Å². The lowest BCUT2D eigenvalue weighted by Crippen LogP contribution is -2.55. The first-order valence-electron chi connectivity index (χ1n) is 16.2. The third-order valence-electron chi connectivity index (χ3n) is 8.57. The molecule has 0 aromatic carbocycles. The number of amides is 1. The minimum atomic E-state index is -0.495. The first-order chi connectivity index (χ1) is 23.0.